The fourth-order valence-electron chi connectivity index (χ4n) is 1.34. The van der Waals surface area contributed by atoms with Crippen molar-refractivity contribution in [3.05, 3.63) is 42.0 Å². The van der Waals surface area contributed by atoms with Gasteiger partial charge >= 0.3 is 11.8 Å². The van der Waals surface area contributed by atoms with Crippen LogP contribution >= 0.6 is 0 Å². The van der Waals surface area contributed by atoms with E-state index >= 15 is 0 Å². The van der Waals surface area contributed by atoms with Crippen LogP contribution < -0.4 is 0 Å². The minimum Gasteiger partial charge on any atom is -0.443 e. The molecule has 0 aromatic heterocycles. The summed E-state index contributed by atoms with van der Waals surface area (Å²) in [5, 5.41) is 0. The number of esters is 1. The Balaban J connectivity index is 2.12. The number of ketones is 2. The second-order valence-electron chi connectivity index (χ2n) is 3.29. The molecule has 1 heterocycles. The summed E-state index contributed by atoms with van der Waals surface area (Å²) in [5.41, 5.74) is 0.866. The van der Waals surface area contributed by atoms with E-state index in [0.29, 0.717) is 0 Å². The van der Waals surface area contributed by atoms with E-state index in [1.54, 1.807) is 6.08 Å². The maximum atomic E-state index is 11.2. The molecule has 0 spiro atoms. The van der Waals surface area contributed by atoms with E-state index in [-0.39, 0.29) is 0 Å². The minimum absolute atomic E-state index is 0.808. The van der Waals surface area contributed by atoms with Crippen molar-refractivity contribution in [2.75, 3.05) is 0 Å². The van der Waals surface area contributed by atoms with Crippen LogP contribution in [0.25, 0.3) is 6.08 Å². The van der Waals surface area contributed by atoms with E-state index in [9.17, 15) is 14.4 Å². The number of cyclic esters (lactones) is 1. The van der Waals surface area contributed by atoms with Crippen LogP contribution in [-0.2, 0) is 19.1 Å². The molecule has 0 radical (unpaired) electrons. The number of Topliss-reactive ketones (excluding diaryl/α,β-unsaturated/α-hetero) is 2. The van der Waals surface area contributed by atoms with E-state index < -0.39 is 23.6 Å². The van der Waals surface area contributed by atoms with Gasteiger partial charge < -0.3 is 4.74 Å². The lowest BCUT2D eigenvalue weighted by atomic mass is 10.1. The summed E-state index contributed by atoms with van der Waals surface area (Å²) in [7, 11) is 0. The lowest BCUT2D eigenvalue weighted by Gasteiger charge is -1.98. The van der Waals surface area contributed by atoms with Crippen LogP contribution in [0.1, 0.15) is 5.56 Å². The Kier molecular flexibility index (Phi) is 2.64. The number of rotatable bonds is 2. The molecule has 1 aliphatic rings. The van der Waals surface area contributed by atoms with Gasteiger partial charge in [0.25, 0.3) is 5.78 Å². The Hall–Kier alpha value is -2.23. The van der Waals surface area contributed by atoms with Gasteiger partial charge in [0.05, 0.1) is 0 Å². The highest BCUT2D eigenvalue weighted by molar-refractivity contribution is 6.65. The number of benzene rings is 1. The van der Waals surface area contributed by atoms with E-state index in [0.717, 1.165) is 5.56 Å². The highest BCUT2D eigenvalue weighted by Gasteiger charge is 2.40. The van der Waals surface area contributed by atoms with Gasteiger partial charge in [0.15, 0.2) is 6.10 Å². The molecule has 1 atom stereocenters. The standard InChI is InChI=1S/C12H8O4/c13-10-9(16-12(15)11(10)14)7-6-8-4-2-1-3-5-8/h1-7,9H/b7-6-/t9-/m0/s1. The third-order valence-electron chi connectivity index (χ3n) is 2.16. The van der Waals surface area contributed by atoms with Crippen LogP contribution in [0.5, 0.6) is 0 Å². The van der Waals surface area contributed by atoms with Crippen LogP contribution in [0, 0.1) is 0 Å². The van der Waals surface area contributed by atoms with Crippen LogP contribution in [0.3, 0.4) is 0 Å². The highest BCUT2D eigenvalue weighted by Crippen LogP contribution is 2.10. The zero-order chi connectivity index (χ0) is 11.5. The van der Waals surface area contributed by atoms with Gasteiger partial charge in [-0.05, 0) is 11.6 Å². The first-order chi connectivity index (χ1) is 7.68. The summed E-state index contributed by atoms with van der Waals surface area (Å²) < 4.78 is 4.58. The van der Waals surface area contributed by atoms with Gasteiger partial charge in [-0.25, -0.2) is 4.79 Å². The number of carbonyl (C=O) groups excluding carboxylic acids is 3. The van der Waals surface area contributed by atoms with Crippen molar-refractivity contribution in [2.24, 2.45) is 0 Å². The summed E-state index contributed by atoms with van der Waals surface area (Å²) >= 11 is 0. The molecule has 4 heteroatoms. The quantitative estimate of drug-likeness (QED) is 0.541. The molecule has 2 rings (SSSR count). The van der Waals surface area contributed by atoms with Crippen LogP contribution in [0.2, 0.25) is 0 Å². The summed E-state index contributed by atoms with van der Waals surface area (Å²) in [6, 6.07) is 9.21. The van der Waals surface area contributed by atoms with Gasteiger partial charge in [0.1, 0.15) is 0 Å². The zero-order valence-corrected chi connectivity index (χ0v) is 8.25. The summed E-state index contributed by atoms with van der Waals surface area (Å²) in [5.74, 6) is -2.97. The normalized spacial score (nSPS) is 20.5. The average molecular weight is 216 g/mol. The third kappa shape index (κ3) is 1.91. The van der Waals surface area contributed by atoms with Crippen molar-refractivity contribution in [3.8, 4) is 0 Å². The van der Waals surface area contributed by atoms with Gasteiger partial charge in [-0.2, -0.15) is 0 Å². The van der Waals surface area contributed by atoms with Gasteiger partial charge in [-0.15, -0.1) is 0 Å². The third-order valence-corrected chi connectivity index (χ3v) is 2.16. The molecule has 16 heavy (non-hydrogen) atoms. The maximum absolute atomic E-state index is 11.2. The van der Waals surface area contributed by atoms with Crippen molar-refractivity contribution in [3.63, 3.8) is 0 Å². The van der Waals surface area contributed by atoms with Crippen LogP contribution in [0.15, 0.2) is 36.4 Å². The number of ether oxygens (including phenoxy) is 1. The molecule has 4 nitrogen and oxygen atoms in total. The van der Waals surface area contributed by atoms with Crippen molar-refractivity contribution in [2.45, 2.75) is 6.10 Å². The van der Waals surface area contributed by atoms with E-state index in [1.165, 1.54) is 6.08 Å². The molecule has 0 bridgehead atoms. The lowest BCUT2D eigenvalue weighted by molar-refractivity contribution is -0.148. The Morgan fingerprint density at radius 3 is 2.31 bits per heavy atom. The van der Waals surface area contributed by atoms with E-state index in [1.807, 2.05) is 30.3 Å². The Bertz CT molecular complexity index is 473. The Morgan fingerprint density at radius 2 is 1.75 bits per heavy atom. The van der Waals surface area contributed by atoms with E-state index in [4.69, 9.17) is 0 Å². The molecule has 0 saturated carbocycles. The monoisotopic (exact) mass is 216 g/mol. The highest BCUT2D eigenvalue weighted by atomic mass is 16.6. The SMILES string of the molecule is O=C1O[C@@H](/C=C\c2ccccc2)C(=O)C1=O. The molecular formula is C12H8O4. The second kappa shape index (κ2) is 4.10. The number of carbonyl (C=O) groups is 3. The maximum Gasteiger partial charge on any atom is 0.384 e. The predicted molar refractivity (Wildman–Crippen MR) is 55.4 cm³/mol. The van der Waals surface area contributed by atoms with Crippen LogP contribution in [-0.4, -0.2) is 23.6 Å². The van der Waals surface area contributed by atoms with E-state index in [2.05, 4.69) is 4.74 Å². The molecule has 1 saturated heterocycles. The van der Waals surface area contributed by atoms with Gasteiger partial charge in [-0.1, -0.05) is 36.4 Å². The van der Waals surface area contributed by atoms with Crippen molar-refractivity contribution in [1.29, 1.82) is 0 Å². The summed E-state index contributed by atoms with van der Waals surface area (Å²) in [6.45, 7) is 0. The Morgan fingerprint density at radius 1 is 1.06 bits per heavy atom. The molecule has 0 amide bonds. The number of hydrogen-bond acceptors (Lipinski definition) is 4. The molecule has 1 aliphatic heterocycles. The Labute approximate surface area is 91.5 Å². The zero-order valence-electron chi connectivity index (χ0n) is 8.25. The molecular weight excluding hydrogens is 208 g/mol. The largest absolute Gasteiger partial charge is 0.443 e. The van der Waals surface area contributed by atoms with Gasteiger partial charge in [-0.3, -0.25) is 9.59 Å². The molecule has 0 unspecified atom stereocenters. The second-order valence-corrected chi connectivity index (χ2v) is 3.29. The fraction of sp³-hybridized carbons (Fsp3) is 0.0833. The smallest absolute Gasteiger partial charge is 0.384 e. The van der Waals surface area contributed by atoms with Crippen LogP contribution in [0.4, 0.5) is 0 Å². The van der Waals surface area contributed by atoms with Crippen molar-refractivity contribution >= 4 is 23.6 Å². The molecule has 1 aromatic rings. The molecule has 0 aliphatic carbocycles. The first-order valence-corrected chi connectivity index (χ1v) is 4.71. The first kappa shape index (κ1) is 10.3. The summed E-state index contributed by atoms with van der Waals surface area (Å²) in [6.07, 6.45) is 1.97. The fourth-order valence-corrected chi connectivity index (χ4v) is 1.34. The number of hydrogen-bond donors (Lipinski definition) is 0. The first-order valence-electron chi connectivity index (χ1n) is 4.71. The molecule has 1 aromatic carbocycles. The topological polar surface area (TPSA) is 60.4 Å². The molecule has 0 N–H and O–H groups in total. The molecule has 80 valence electrons. The van der Waals surface area contributed by atoms with Gasteiger partial charge in [0, 0.05) is 0 Å². The van der Waals surface area contributed by atoms with Gasteiger partial charge in [0.2, 0.25) is 0 Å². The van der Waals surface area contributed by atoms with Crippen molar-refractivity contribution in [1.82, 2.24) is 0 Å². The predicted octanol–water partition coefficient (Wildman–Crippen LogP) is 0.763. The average Bonchev–Trinajstić information content (AvgIpc) is 2.56. The van der Waals surface area contributed by atoms with Crippen molar-refractivity contribution < 1.29 is 19.1 Å². The summed E-state index contributed by atoms with van der Waals surface area (Å²) in [4.78, 5) is 32.8. The lowest BCUT2D eigenvalue weighted by Crippen LogP contribution is -2.17. The minimum atomic E-state index is -1.08. The molecule has 1 fully saturated rings.